The van der Waals surface area contributed by atoms with Gasteiger partial charge in [0, 0.05) is 5.92 Å². The molecular weight excluding hydrogens is 305 g/mol. The summed E-state index contributed by atoms with van der Waals surface area (Å²) in [5.41, 5.74) is 3.32. The molecule has 122 valence electrons. The molecule has 2 aromatic carbocycles. The minimum absolute atomic E-state index is 0.0426. The van der Waals surface area contributed by atoms with Crippen molar-refractivity contribution in [1.82, 2.24) is 0 Å². The zero-order chi connectivity index (χ0) is 16.7. The first-order chi connectivity index (χ1) is 11.7. The number of hydrogen-bond donors (Lipinski definition) is 1. The maximum absolute atomic E-state index is 13.7. The molecule has 0 unspecified atom stereocenters. The van der Waals surface area contributed by atoms with Crippen LogP contribution in [0.5, 0.6) is 0 Å². The van der Waals surface area contributed by atoms with Crippen molar-refractivity contribution < 1.29 is 13.9 Å². The maximum atomic E-state index is 13.7. The Labute approximate surface area is 140 Å². The predicted molar refractivity (Wildman–Crippen MR) is 90.5 cm³/mol. The highest BCUT2D eigenvalue weighted by Crippen LogP contribution is 2.50. The fraction of sp³-hybridized carbons (Fsp3) is 0.250. The Morgan fingerprint density at radius 2 is 2.08 bits per heavy atom. The second-order valence-electron chi connectivity index (χ2n) is 6.29. The third kappa shape index (κ3) is 2.30. The number of anilines is 1. The van der Waals surface area contributed by atoms with Gasteiger partial charge in [-0.15, -0.1) is 0 Å². The molecule has 0 spiro atoms. The fourth-order valence-electron chi connectivity index (χ4n) is 3.93. The topological polar surface area (TPSA) is 38.3 Å². The van der Waals surface area contributed by atoms with Gasteiger partial charge in [0.05, 0.1) is 24.4 Å². The second-order valence-corrected chi connectivity index (χ2v) is 6.29. The zero-order valence-corrected chi connectivity index (χ0v) is 13.3. The smallest absolute Gasteiger partial charge is 0.339 e. The summed E-state index contributed by atoms with van der Waals surface area (Å²) >= 11 is 0. The van der Waals surface area contributed by atoms with E-state index >= 15 is 0 Å². The molecule has 0 fully saturated rings. The molecule has 0 radical (unpaired) electrons. The Morgan fingerprint density at radius 3 is 2.88 bits per heavy atom. The van der Waals surface area contributed by atoms with E-state index in [4.69, 9.17) is 4.74 Å². The van der Waals surface area contributed by atoms with E-state index < -0.39 is 0 Å². The van der Waals surface area contributed by atoms with Crippen molar-refractivity contribution in [2.75, 3.05) is 12.4 Å². The first-order valence-electron chi connectivity index (χ1n) is 8.09. The molecule has 1 heterocycles. The molecule has 0 aromatic heterocycles. The molecule has 3 nitrogen and oxygen atoms in total. The SMILES string of the molecule is COC(=O)c1cccc2c1N[C@H](c1cccc(F)c1)[C@H]1CC=C[C@H]21. The molecule has 0 saturated heterocycles. The number of methoxy groups -OCH3 is 1. The van der Waals surface area contributed by atoms with E-state index in [0.717, 1.165) is 23.2 Å². The minimum Gasteiger partial charge on any atom is -0.465 e. The number of benzene rings is 2. The molecule has 1 aliphatic heterocycles. The normalized spacial score (nSPS) is 24.0. The van der Waals surface area contributed by atoms with Gasteiger partial charge >= 0.3 is 5.97 Å². The van der Waals surface area contributed by atoms with Crippen molar-refractivity contribution in [3.05, 3.63) is 77.1 Å². The van der Waals surface area contributed by atoms with Gasteiger partial charge in [-0.25, -0.2) is 9.18 Å². The van der Waals surface area contributed by atoms with Crippen molar-refractivity contribution >= 4 is 11.7 Å². The molecular formula is C20H18FNO2. The van der Waals surface area contributed by atoms with Crippen molar-refractivity contribution in [3.63, 3.8) is 0 Å². The van der Waals surface area contributed by atoms with Crippen LogP contribution in [0.3, 0.4) is 0 Å². The summed E-state index contributed by atoms with van der Waals surface area (Å²) < 4.78 is 18.6. The Kier molecular flexibility index (Phi) is 3.60. The van der Waals surface area contributed by atoms with Gasteiger partial charge in [0.25, 0.3) is 0 Å². The van der Waals surface area contributed by atoms with Crippen molar-refractivity contribution in [2.45, 2.75) is 18.4 Å². The molecule has 4 rings (SSSR count). The van der Waals surface area contributed by atoms with Crippen LogP contribution in [0.15, 0.2) is 54.6 Å². The van der Waals surface area contributed by atoms with Crippen molar-refractivity contribution in [1.29, 1.82) is 0 Å². The van der Waals surface area contributed by atoms with Gasteiger partial charge < -0.3 is 10.1 Å². The van der Waals surface area contributed by atoms with Crippen LogP contribution in [0, 0.1) is 11.7 Å². The standard InChI is InChI=1S/C20H18FNO2/c1-24-20(23)17-10-4-9-16-14-7-3-8-15(14)18(22-19(16)17)12-5-2-6-13(21)11-12/h2-7,9-11,14-15,18,22H,8H2,1H3/t14-,15-,18+/m0/s1. The van der Waals surface area contributed by atoms with Crippen molar-refractivity contribution in [2.24, 2.45) is 5.92 Å². The van der Waals surface area contributed by atoms with E-state index in [0.29, 0.717) is 11.5 Å². The number of nitrogens with one attached hydrogen (secondary N) is 1. The minimum atomic E-state index is -0.363. The van der Waals surface area contributed by atoms with Gasteiger partial charge in [0.2, 0.25) is 0 Å². The maximum Gasteiger partial charge on any atom is 0.339 e. The van der Waals surface area contributed by atoms with Crippen LogP contribution >= 0.6 is 0 Å². The van der Waals surface area contributed by atoms with Gasteiger partial charge in [0.15, 0.2) is 0 Å². The summed E-state index contributed by atoms with van der Waals surface area (Å²) in [7, 11) is 1.38. The van der Waals surface area contributed by atoms with Gasteiger partial charge in [0.1, 0.15) is 5.82 Å². The number of allylic oxidation sites excluding steroid dienone is 2. The van der Waals surface area contributed by atoms with E-state index in [2.05, 4.69) is 17.5 Å². The third-order valence-corrected chi connectivity index (χ3v) is 5.01. The summed E-state index contributed by atoms with van der Waals surface area (Å²) in [4.78, 5) is 12.1. The highest BCUT2D eigenvalue weighted by Gasteiger charge is 2.39. The molecule has 1 aliphatic carbocycles. The average molecular weight is 323 g/mol. The quantitative estimate of drug-likeness (QED) is 0.656. The highest BCUT2D eigenvalue weighted by atomic mass is 19.1. The van der Waals surface area contributed by atoms with E-state index in [-0.39, 0.29) is 23.7 Å². The average Bonchev–Trinajstić information content (AvgIpc) is 3.09. The second kappa shape index (κ2) is 5.78. The van der Waals surface area contributed by atoms with Gasteiger partial charge in [-0.2, -0.15) is 0 Å². The molecule has 0 saturated carbocycles. The summed E-state index contributed by atoms with van der Waals surface area (Å²) in [6.07, 6.45) is 5.29. The van der Waals surface area contributed by atoms with Crippen LogP contribution < -0.4 is 5.32 Å². The molecule has 3 atom stereocenters. The lowest BCUT2D eigenvalue weighted by atomic mass is 9.76. The molecule has 24 heavy (non-hydrogen) atoms. The number of esters is 1. The Balaban J connectivity index is 1.84. The molecule has 1 N–H and O–H groups in total. The zero-order valence-electron chi connectivity index (χ0n) is 13.3. The monoisotopic (exact) mass is 323 g/mol. The number of carbonyl (C=O) groups excluding carboxylic acids is 1. The van der Waals surface area contributed by atoms with Crippen LogP contribution in [0.1, 0.15) is 39.9 Å². The van der Waals surface area contributed by atoms with Crippen LogP contribution in [0.4, 0.5) is 10.1 Å². The van der Waals surface area contributed by atoms with Crippen LogP contribution in [-0.4, -0.2) is 13.1 Å². The number of para-hydroxylation sites is 1. The molecule has 4 heteroatoms. The largest absolute Gasteiger partial charge is 0.465 e. The number of halogens is 1. The fourth-order valence-corrected chi connectivity index (χ4v) is 3.93. The third-order valence-electron chi connectivity index (χ3n) is 5.01. The van der Waals surface area contributed by atoms with Gasteiger partial charge in [-0.3, -0.25) is 0 Å². The van der Waals surface area contributed by atoms with E-state index in [9.17, 15) is 9.18 Å². The molecule has 2 aromatic rings. The first kappa shape index (κ1) is 14.9. The number of fused-ring (bicyclic) bond motifs is 3. The predicted octanol–water partition coefficient (Wildman–Crippen LogP) is 4.44. The Bertz CT molecular complexity index is 830. The summed E-state index contributed by atoms with van der Waals surface area (Å²) in [6, 6.07) is 12.3. The van der Waals surface area contributed by atoms with Crippen LogP contribution in [0.2, 0.25) is 0 Å². The number of carbonyl (C=O) groups is 1. The van der Waals surface area contributed by atoms with E-state index in [1.807, 2.05) is 18.2 Å². The van der Waals surface area contributed by atoms with E-state index in [1.54, 1.807) is 18.2 Å². The molecule has 2 aliphatic rings. The lowest BCUT2D eigenvalue weighted by Crippen LogP contribution is -2.30. The van der Waals surface area contributed by atoms with Crippen molar-refractivity contribution in [3.8, 4) is 0 Å². The summed E-state index contributed by atoms with van der Waals surface area (Å²) in [6.45, 7) is 0. The first-order valence-corrected chi connectivity index (χ1v) is 8.09. The molecule has 0 amide bonds. The number of ether oxygens (including phenoxy) is 1. The molecule has 0 bridgehead atoms. The van der Waals surface area contributed by atoms with Crippen LogP contribution in [0.25, 0.3) is 0 Å². The lowest BCUT2D eigenvalue weighted by molar-refractivity contribution is 0.0601. The Hall–Kier alpha value is -2.62. The number of rotatable bonds is 2. The van der Waals surface area contributed by atoms with Gasteiger partial charge in [-0.05, 0) is 41.7 Å². The van der Waals surface area contributed by atoms with Crippen LogP contribution in [-0.2, 0) is 4.74 Å². The summed E-state index contributed by atoms with van der Waals surface area (Å²) in [5.74, 6) is -0.0760. The Morgan fingerprint density at radius 1 is 1.25 bits per heavy atom. The summed E-state index contributed by atoms with van der Waals surface area (Å²) in [5, 5.41) is 3.49. The van der Waals surface area contributed by atoms with E-state index in [1.165, 1.54) is 13.2 Å². The highest BCUT2D eigenvalue weighted by molar-refractivity contribution is 5.97. The lowest BCUT2D eigenvalue weighted by Gasteiger charge is -2.38. The van der Waals surface area contributed by atoms with Gasteiger partial charge in [-0.1, -0.05) is 36.4 Å². The number of hydrogen-bond acceptors (Lipinski definition) is 3.